The van der Waals surface area contributed by atoms with Crippen LogP contribution in [0, 0.1) is 5.92 Å². The summed E-state index contributed by atoms with van der Waals surface area (Å²) in [6.07, 6.45) is 4.22. The first-order valence-corrected chi connectivity index (χ1v) is 10.4. The number of benzene rings is 2. The van der Waals surface area contributed by atoms with Gasteiger partial charge in [0.05, 0.1) is 5.41 Å². The van der Waals surface area contributed by atoms with Gasteiger partial charge in [0.15, 0.2) is 0 Å². The van der Waals surface area contributed by atoms with Gasteiger partial charge in [0.1, 0.15) is 0 Å². The average molecular weight is 397 g/mol. The number of rotatable bonds is 4. The topological polar surface area (TPSA) is 49.4 Å². The zero-order valence-electron chi connectivity index (χ0n) is 15.9. The molecule has 146 valence electrons. The molecule has 0 radical (unpaired) electrons. The van der Waals surface area contributed by atoms with E-state index in [1.54, 1.807) is 0 Å². The lowest BCUT2D eigenvalue weighted by Gasteiger charge is -2.45. The van der Waals surface area contributed by atoms with Crippen LogP contribution in [0.25, 0.3) is 0 Å². The highest BCUT2D eigenvalue weighted by Gasteiger charge is 2.48. The van der Waals surface area contributed by atoms with Gasteiger partial charge in [-0.15, -0.1) is 0 Å². The molecular formula is C23H25ClN2O2. The number of hydrogen-bond acceptors (Lipinski definition) is 2. The summed E-state index contributed by atoms with van der Waals surface area (Å²) in [4.78, 5) is 27.9. The van der Waals surface area contributed by atoms with Gasteiger partial charge in [-0.05, 0) is 55.5 Å². The number of hydrogen-bond donors (Lipinski definition) is 1. The Labute approximate surface area is 170 Å². The number of piperidine rings is 1. The first-order chi connectivity index (χ1) is 13.6. The second kappa shape index (κ2) is 7.96. The van der Waals surface area contributed by atoms with Crippen molar-refractivity contribution in [1.29, 1.82) is 0 Å². The van der Waals surface area contributed by atoms with Gasteiger partial charge in [0.2, 0.25) is 11.8 Å². The third-order valence-electron chi connectivity index (χ3n) is 6.19. The molecule has 0 unspecified atom stereocenters. The predicted octanol–water partition coefficient (Wildman–Crippen LogP) is 4.64. The lowest BCUT2D eigenvalue weighted by Crippen LogP contribution is -2.53. The Hall–Kier alpha value is -2.33. The summed E-state index contributed by atoms with van der Waals surface area (Å²) in [5.74, 6) is 0.196. The lowest BCUT2D eigenvalue weighted by atomic mass is 9.63. The molecule has 5 heteroatoms. The van der Waals surface area contributed by atoms with Crippen LogP contribution >= 0.6 is 11.6 Å². The van der Waals surface area contributed by atoms with E-state index in [2.05, 4.69) is 5.32 Å². The maximum Gasteiger partial charge on any atom is 0.233 e. The first kappa shape index (κ1) is 19.0. The van der Waals surface area contributed by atoms with E-state index in [1.165, 1.54) is 0 Å². The van der Waals surface area contributed by atoms with E-state index < -0.39 is 5.41 Å². The molecule has 4 nitrogen and oxygen atoms in total. The molecule has 0 spiro atoms. The number of para-hydroxylation sites is 1. The lowest BCUT2D eigenvalue weighted by molar-refractivity contribution is -0.143. The molecule has 1 saturated carbocycles. The predicted molar refractivity (Wildman–Crippen MR) is 111 cm³/mol. The fourth-order valence-corrected chi connectivity index (χ4v) is 4.55. The summed E-state index contributed by atoms with van der Waals surface area (Å²) >= 11 is 6.17. The van der Waals surface area contributed by atoms with Crippen molar-refractivity contribution in [2.45, 2.75) is 37.5 Å². The number of carbonyl (C=O) groups is 2. The molecular weight excluding hydrogens is 372 g/mol. The summed E-state index contributed by atoms with van der Waals surface area (Å²) in [5, 5.41) is 3.66. The van der Waals surface area contributed by atoms with Crippen LogP contribution in [0.1, 0.15) is 37.7 Å². The standard InChI is InChI=1S/C23H25ClN2O2/c24-19-7-4-6-18(16-19)23(12-5-13-23)22(28)26-14-10-17(11-15-26)21(27)25-20-8-2-1-3-9-20/h1-4,6-9,16-17H,5,10-15H2,(H,25,27). The van der Waals surface area contributed by atoms with Crippen molar-refractivity contribution in [3.63, 3.8) is 0 Å². The van der Waals surface area contributed by atoms with Crippen LogP contribution in [0.15, 0.2) is 54.6 Å². The minimum atomic E-state index is -0.427. The molecule has 0 atom stereocenters. The van der Waals surface area contributed by atoms with Gasteiger partial charge in [0, 0.05) is 29.7 Å². The van der Waals surface area contributed by atoms with E-state index in [4.69, 9.17) is 11.6 Å². The molecule has 2 fully saturated rings. The summed E-state index contributed by atoms with van der Waals surface area (Å²) in [7, 11) is 0. The van der Waals surface area contributed by atoms with E-state index in [9.17, 15) is 9.59 Å². The minimum Gasteiger partial charge on any atom is -0.342 e. The second-order valence-electron chi connectivity index (χ2n) is 7.87. The molecule has 1 N–H and O–H groups in total. The van der Waals surface area contributed by atoms with Crippen LogP contribution in [0.4, 0.5) is 5.69 Å². The van der Waals surface area contributed by atoms with Crippen LogP contribution in [0.2, 0.25) is 5.02 Å². The largest absolute Gasteiger partial charge is 0.342 e. The summed E-state index contributed by atoms with van der Waals surface area (Å²) in [6.45, 7) is 1.27. The van der Waals surface area contributed by atoms with Gasteiger partial charge in [-0.25, -0.2) is 0 Å². The molecule has 1 saturated heterocycles. The van der Waals surface area contributed by atoms with Crippen molar-refractivity contribution in [3.8, 4) is 0 Å². The Morgan fingerprint density at radius 1 is 1.00 bits per heavy atom. The number of likely N-dealkylation sites (tertiary alicyclic amines) is 1. The number of amides is 2. The SMILES string of the molecule is O=C(Nc1ccccc1)C1CCN(C(=O)C2(c3cccc(Cl)c3)CCC2)CC1. The normalized spacial score (nSPS) is 19.0. The van der Waals surface area contributed by atoms with Gasteiger partial charge in [0.25, 0.3) is 0 Å². The molecule has 2 aliphatic rings. The van der Waals surface area contributed by atoms with Crippen LogP contribution in [-0.4, -0.2) is 29.8 Å². The number of carbonyl (C=O) groups excluding carboxylic acids is 2. The smallest absolute Gasteiger partial charge is 0.233 e. The number of nitrogens with one attached hydrogen (secondary N) is 1. The van der Waals surface area contributed by atoms with Crippen LogP contribution in [0.3, 0.4) is 0 Å². The van der Waals surface area contributed by atoms with Crippen molar-refractivity contribution in [2.75, 3.05) is 18.4 Å². The van der Waals surface area contributed by atoms with Crippen molar-refractivity contribution in [1.82, 2.24) is 4.90 Å². The van der Waals surface area contributed by atoms with E-state index in [-0.39, 0.29) is 17.7 Å². The minimum absolute atomic E-state index is 0.0477. The van der Waals surface area contributed by atoms with Gasteiger partial charge in [-0.1, -0.05) is 48.4 Å². The second-order valence-corrected chi connectivity index (χ2v) is 8.30. The Balaban J connectivity index is 1.39. The Morgan fingerprint density at radius 3 is 2.32 bits per heavy atom. The number of anilines is 1. The van der Waals surface area contributed by atoms with E-state index in [0.717, 1.165) is 30.5 Å². The molecule has 28 heavy (non-hydrogen) atoms. The first-order valence-electron chi connectivity index (χ1n) is 10.00. The summed E-state index contributed by atoms with van der Waals surface area (Å²) in [5.41, 5.74) is 1.42. The molecule has 2 aromatic rings. The zero-order chi connectivity index (χ0) is 19.6. The monoisotopic (exact) mass is 396 g/mol. The van der Waals surface area contributed by atoms with Crippen LogP contribution in [-0.2, 0) is 15.0 Å². The molecule has 0 aromatic heterocycles. The van der Waals surface area contributed by atoms with Crippen molar-refractivity contribution in [3.05, 3.63) is 65.2 Å². The van der Waals surface area contributed by atoms with Crippen molar-refractivity contribution in [2.24, 2.45) is 5.92 Å². The van der Waals surface area contributed by atoms with Crippen LogP contribution < -0.4 is 5.32 Å². The Kier molecular flexibility index (Phi) is 5.40. The van der Waals surface area contributed by atoms with Crippen molar-refractivity contribution >= 4 is 29.1 Å². The Morgan fingerprint density at radius 2 is 1.71 bits per heavy atom. The Bertz CT molecular complexity index is 856. The average Bonchev–Trinajstić information content (AvgIpc) is 2.68. The molecule has 0 bridgehead atoms. The van der Waals surface area contributed by atoms with Gasteiger partial charge >= 0.3 is 0 Å². The third-order valence-corrected chi connectivity index (χ3v) is 6.42. The fraction of sp³-hybridized carbons (Fsp3) is 0.391. The van der Waals surface area contributed by atoms with Gasteiger partial charge < -0.3 is 10.2 Å². The maximum atomic E-state index is 13.4. The summed E-state index contributed by atoms with van der Waals surface area (Å²) in [6, 6.07) is 17.2. The highest BCUT2D eigenvalue weighted by Crippen LogP contribution is 2.46. The fourth-order valence-electron chi connectivity index (χ4n) is 4.36. The third kappa shape index (κ3) is 3.66. The summed E-state index contributed by atoms with van der Waals surface area (Å²) < 4.78 is 0. The number of nitrogens with zero attached hydrogens (tertiary/aromatic N) is 1. The molecule has 1 aliphatic heterocycles. The molecule has 4 rings (SSSR count). The highest BCUT2D eigenvalue weighted by atomic mass is 35.5. The van der Waals surface area contributed by atoms with E-state index in [1.807, 2.05) is 59.5 Å². The quantitative estimate of drug-likeness (QED) is 0.818. The molecule has 1 aliphatic carbocycles. The molecule has 2 aromatic carbocycles. The zero-order valence-corrected chi connectivity index (χ0v) is 16.6. The highest BCUT2D eigenvalue weighted by molar-refractivity contribution is 6.30. The van der Waals surface area contributed by atoms with Crippen molar-refractivity contribution < 1.29 is 9.59 Å². The van der Waals surface area contributed by atoms with Crippen LogP contribution in [0.5, 0.6) is 0 Å². The molecule has 2 amide bonds. The van der Waals surface area contributed by atoms with E-state index >= 15 is 0 Å². The molecule has 1 heterocycles. The van der Waals surface area contributed by atoms with Gasteiger partial charge in [-0.2, -0.15) is 0 Å². The van der Waals surface area contributed by atoms with E-state index in [0.29, 0.717) is 31.0 Å². The number of halogens is 1. The maximum absolute atomic E-state index is 13.4. The van der Waals surface area contributed by atoms with Gasteiger partial charge in [-0.3, -0.25) is 9.59 Å².